The Kier molecular flexibility index (Phi) is 7.77. The molecule has 1 aliphatic carbocycles. The topological polar surface area (TPSA) is 83.5 Å². The van der Waals surface area contributed by atoms with Crippen molar-refractivity contribution < 1.29 is 19.5 Å². The van der Waals surface area contributed by atoms with Crippen molar-refractivity contribution >= 4 is 23.2 Å². The molecule has 0 spiro atoms. The Morgan fingerprint density at radius 3 is 2.38 bits per heavy atom. The normalized spacial score (nSPS) is 15.2. The fourth-order valence-electron chi connectivity index (χ4n) is 3.76. The Morgan fingerprint density at radius 2 is 1.72 bits per heavy atom. The Hall–Kier alpha value is -2.43. The molecular weight excluding hydrogens is 366 g/mol. The zero-order valence-electron chi connectivity index (χ0n) is 18.1. The number of aliphatic hydroxyl groups excluding tert-OH is 1. The van der Waals surface area contributed by atoms with Gasteiger partial charge in [-0.2, -0.15) is 0 Å². The highest BCUT2D eigenvalue weighted by atomic mass is 16.3. The molecule has 0 unspecified atom stereocenters. The lowest BCUT2D eigenvalue weighted by Gasteiger charge is -2.32. The number of nitrogens with one attached hydrogen (secondary N) is 1. The summed E-state index contributed by atoms with van der Waals surface area (Å²) in [5.74, 6) is -1.67. The number of Topliss-reactive ketones (excluding diaryl/α,β-unsaturated/α-hetero) is 2. The molecule has 0 aromatic heterocycles. The van der Waals surface area contributed by atoms with Crippen LogP contribution >= 0.6 is 0 Å². The van der Waals surface area contributed by atoms with Gasteiger partial charge in [0.1, 0.15) is 17.1 Å². The largest absolute Gasteiger partial charge is 0.506 e. The number of carbonyl (C=O) groups is 3. The van der Waals surface area contributed by atoms with Crippen molar-refractivity contribution in [1.82, 2.24) is 5.32 Å². The second kappa shape index (κ2) is 9.86. The third kappa shape index (κ3) is 5.34. The van der Waals surface area contributed by atoms with Crippen molar-refractivity contribution in [2.45, 2.75) is 78.1 Å². The third-order valence-corrected chi connectivity index (χ3v) is 5.59. The van der Waals surface area contributed by atoms with Crippen LogP contribution in [0.15, 0.2) is 23.8 Å². The van der Waals surface area contributed by atoms with Crippen LogP contribution in [0.3, 0.4) is 0 Å². The van der Waals surface area contributed by atoms with E-state index in [1.807, 2.05) is 12.1 Å². The van der Waals surface area contributed by atoms with E-state index in [2.05, 4.69) is 12.2 Å². The van der Waals surface area contributed by atoms with Gasteiger partial charge in [0.15, 0.2) is 5.78 Å². The van der Waals surface area contributed by atoms with E-state index >= 15 is 0 Å². The third-order valence-electron chi connectivity index (χ3n) is 5.59. The van der Waals surface area contributed by atoms with Gasteiger partial charge >= 0.3 is 0 Å². The minimum atomic E-state index is -0.929. The highest BCUT2D eigenvalue weighted by molar-refractivity contribution is 6.28. The summed E-state index contributed by atoms with van der Waals surface area (Å²) in [4.78, 5) is 36.6. The molecule has 0 heterocycles. The van der Waals surface area contributed by atoms with Gasteiger partial charge in [-0.15, -0.1) is 0 Å². The predicted octanol–water partition coefficient (Wildman–Crippen LogP) is 4.42. The van der Waals surface area contributed by atoms with Gasteiger partial charge in [0.2, 0.25) is 0 Å². The fraction of sp³-hybridized carbons (Fsp3) is 0.542. The molecule has 2 N–H and O–H groups in total. The van der Waals surface area contributed by atoms with Crippen LogP contribution in [0.1, 0.15) is 82.9 Å². The monoisotopic (exact) mass is 399 g/mol. The minimum Gasteiger partial charge on any atom is -0.506 e. The van der Waals surface area contributed by atoms with Crippen LogP contribution in [0.5, 0.6) is 0 Å². The summed E-state index contributed by atoms with van der Waals surface area (Å²) in [6.45, 7) is 6.92. The Morgan fingerprint density at radius 1 is 1.07 bits per heavy atom. The fourth-order valence-corrected chi connectivity index (χ4v) is 3.76. The van der Waals surface area contributed by atoms with E-state index in [0.29, 0.717) is 5.56 Å². The SMILES string of the molecule is CCCCCCCCc1ccc2c(c1)C(C)(C)C(=O)C(C(=O)NCC(C)=O)=C2O. The molecule has 2 rings (SSSR count). The summed E-state index contributed by atoms with van der Waals surface area (Å²) in [6, 6.07) is 5.74. The maximum atomic E-state index is 13.0. The Balaban J connectivity index is 2.22. The van der Waals surface area contributed by atoms with Crippen molar-refractivity contribution in [3.63, 3.8) is 0 Å². The zero-order valence-corrected chi connectivity index (χ0v) is 18.1. The number of rotatable bonds is 10. The van der Waals surface area contributed by atoms with Gasteiger partial charge in [-0.05, 0) is 44.7 Å². The number of amides is 1. The molecule has 1 aliphatic rings. The summed E-state index contributed by atoms with van der Waals surface area (Å²) in [7, 11) is 0. The van der Waals surface area contributed by atoms with Gasteiger partial charge in [-0.25, -0.2) is 0 Å². The number of aryl methyl sites for hydroxylation is 1. The molecule has 0 bridgehead atoms. The molecule has 1 aromatic rings. The lowest BCUT2D eigenvalue weighted by molar-refractivity contribution is -0.126. The highest BCUT2D eigenvalue weighted by Gasteiger charge is 2.43. The molecule has 29 heavy (non-hydrogen) atoms. The Bertz CT molecular complexity index is 820. The van der Waals surface area contributed by atoms with Crippen LogP contribution in [-0.4, -0.2) is 29.1 Å². The second-order valence-corrected chi connectivity index (χ2v) is 8.46. The highest BCUT2D eigenvalue weighted by Crippen LogP contribution is 2.40. The molecule has 0 saturated carbocycles. The molecule has 0 aliphatic heterocycles. The Labute approximate surface area is 173 Å². The molecule has 0 atom stereocenters. The van der Waals surface area contributed by atoms with Crippen molar-refractivity contribution in [3.05, 3.63) is 40.5 Å². The van der Waals surface area contributed by atoms with E-state index in [-0.39, 0.29) is 23.7 Å². The lowest BCUT2D eigenvalue weighted by Crippen LogP contribution is -2.42. The van der Waals surface area contributed by atoms with Crippen molar-refractivity contribution in [2.75, 3.05) is 6.54 Å². The van der Waals surface area contributed by atoms with Crippen LogP contribution < -0.4 is 5.32 Å². The summed E-state index contributed by atoms with van der Waals surface area (Å²) >= 11 is 0. The van der Waals surface area contributed by atoms with Gasteiger partial charge < -0.3 is 10.4 Å². The molecule has 5 heteroatoms. The van der Waals surface area contributed by atoms with E-state index in [1.54, 1.807) is 19.9 Å². The minimum absolute atomic E-state index is 0.173. The standard InChI is InChI=1S/C24H33NO4/c1-5-6-7-8-9-10-11-17-12-13-18-19(14-17)24(3,4)22(28)20(21(18)27)23(29)25-15-16(2)26/h12-14,27H,5-11,15H2,1-4H3,(H,25,29). The number of unbranched alkanes of at least 4 members (excludes halogenated alkanes) is 5. The van der Waals surface area contributed by atoms with E-state index in [4.69, 9.17) is 0 Å². The zero-order chi connectivity index (χ0) is 21.6. The summed E-state index contributed by atoms with van der Waals surface area (Å²) in [5.41, 5.74) is 1.19. The molecule has 1 aromatic carbocycles. The number of hydrogen-bond acceptors (Lipinski definition) is 4. The molecular formula is C24H33NO4. The second-order valence-electron chi connectivity index (χ2n) is 8.46. The van der Waals surface area contributed by atoms with E-state index < -0.39 is 17.1 Å². The van der Waals surface area contributed by atoms with Crippen molar-refractivity contribution in [1.29, 1.82) is 0 Å². The molecule has 1 amide bonds. The van der Waals surface area contributed by atoms with Crippen LogP contribution in [0, 0.1) is 0 Å². The predicted molar refractivity (Wildman–Crippen MR) is 115 cm³/mol. The average molecular weight is 400 g/mol. The van der Waals surface area contributed by atoms with Gasteiger partial charge in [-0.3, -0.25) is 14.4 Å². The first-order valence-corrected chi connectivity index (χ1v) is 10.6. The summed E-state index contributed by atoms with van der Waals surface area (Å²) in [5, 5.41) is 13.1. The summed E-state index contributed by atoms with van der Waals surface area (Å²) in [6.07, 6.45) is 8.24. The van der Waals surface area contributed by atoms with Gasteiger partial charge in [0.05, 0.1) is 12.0 Å². The number of ketones is 2. The van der Waals surface area contributed by atoms with E-state index in [1.165, 1.54) is 39.0 Å². The smallest absolute Gasteiger partial charge is 0.259 e. The van der Waals surface area contributed by atoms with Crippen LogP contribution in [0.4, 0.5) is 0 Å². The van der Waals surface area contributed by atoms with Gasteiger partial charge in [0, 0.05) is 5.56 Å². The first-order valence-electron chi connectivity index (χ1n) is 10.6. The molecule has 0 radical (unpaired) electrons. The quantitative estimate of drug-likeness (QED) is 0.450. The lowest BCUT2D eigenvalue weighted by atomic mass is 9.70. The van der Waals surface area contributed by atoms with E-state index in [9.17, 15) is 19.5 Å². The number of carbonyl (C=O) groups excluding carboxylic acids is 3. The summed E-state index contributed by atoms with van der Waals surface area (Å²) < 4.78 is 0. The van der Waals surface area contributed by atoms with Crippen LogP contribution in [0.25, 0.3) is 5.76 Å². The maximum Gasteiger partial charge on any atom is 0.259 e. The van der Waals surface area contributed by atoms with Gasteiger partial charge in [-0.1, -0.05) is 57.2 Å². The van der Waals surface area contributed by atoms with Crippen LogP contribution in [0.2, 0.25) is 0 Å². The molecule has 5 nitrogen and oxygen atoms in total. The van der Waals surface area contributed by atoms with Crippen molar-refractivity contribution in [2.24, 2.45) is 0 Å². The number of hydrogen-bond donors (Lipinski definition) is 2. The maximum absolute atomic E-state index is 13.0. The van der Waals surface area contributed by atoms with Crippen LogP contribution in [-0.2, 0) is 26.2 Å². The average Bonchev–Trinajstić information content (AvgIpc) is 2.68. The number of aliphatic hydroxyl groups is 1. The molecule has 0 fully saturated rings. The van der Waals surface area contributed by atoms with Gasteiger partial charge in [0.25, 0.3) is 5.91 Å². The van der Waals surface area contributed by atoms with E-state index in [0.717, 1.165) is 24.0 Å². The first-order chi connectivity index (χ1) is 13.7. The molecule has 158 valence electrons. The first kappa shape index (κ1) is 22.9. The number of fused-ring (bicyclic) bond motifs is 1. The van der Waals surface area contributed by atoms with Crippen molar-refractivity contribution in [3.8, 4) is 0 Å². The number of benzene rings is 1. The molecule has 0 saturated heterocycles.